The van der Waals surface area contributed by atoms with Crippen LogP contribution in [0.1, 0.15) is 5.56 Å². The quantitative estimate of drug-likeness (QED) is 0.573. The van der Waals surface area contributed by atoms with E-state index in [1.807, 2.05) is 0 Å². The topological polar surface area (TPSA) is 84.6 Å². The molecule has 0 bridgehead atoms. The van der Waals surface area contributed by atoms with Crippen LogP contribution < -0.4 is 15.8 Å². The number of nitrogens with two attached hydrogens (primary N) is 1. The molecule has 0 saturated carbocycles. The number of halogens is 1. The maximum atomic E-state index is 10.2. The highest BCUT2D eigenvalue weighted by Gasteiger charge is 2.04. The van der Waals surface area contributed by atoms with Gasteiger partial charge in [-0.15, -0.1) is 0 Å². The Kier molecular flexibility index (Phi) is 4.67. The van der Waals surface area contributed by atoms with Gasteiger partial charge in [-0.05, 0) is 22.0 Å². The molecular formula is C11H11BrN2O3. The second-order valence-electron chi connectivity index (χ2n) is 3.03. The van der Waals surface area contributed by atoms with E-state index in [0.717, 1.165) is 4.47 Å². The van der Waals surface area contributed by atoms with Crippen LogP contribution in [0.2, 0.25) is 0 Å². The lowest BCUT2D eigenvalue weighted by Gasteiger charge is -2.05. The third kappa shape index (κ3) is 3.89. The Bertz CT molecular complexity index is 491. The summed E-state index contributed by atoms with van der Waals surface area (Å²) < 4.78 is 5.81. The van der Waals surface area contributed by atoms with E-state index in [2.05, 4.69) is 33.1 Å². The summed E-state index contributed by atoms with van der Waals surface area (Å²) in [6, 6.07) is 3.38. The molecule has 0 aromatic heterocycles. The van der Waals surface area contributed by atoms with Crippen LogP contribution in [0.5, 0.6) is 5.75 Å². The zero-order valence-electron chi connectivity index (χ0n) is 9.08. The molecule has 90 valence electrons. The van der Waals surface area contributed by atoms with Gasteiger partial charge in [0.2, 0.25) is 0 Å². The predicted molar refractivity (Wildman–Crippen MR) is 68.0 cm³/mol. The third-order valence-electron chi connectivity index (χ3n) is 1.88. The van der Waals surface area contributed by atoms with Crippen LogP contribution in [0.3, 0.4) is 0 Å². The highest BCUT2D eigenvalue weighted by molar-refractivity contribution is 9.10. The molecule has 17 heavy (non-hydrogen) atoms. The van der Waals surface area contributed by atoms with Gasteiger partial charge in [0, 0.05) is 11.6 Å². The lowest BCUT2D eigenvalue weighted by Crippen LogP contribution is -2.20. The molecule has 0 atom stereocenters. The fourth-order valence-corrected chi connectivity index (χ4v) is 1.60. The molecule has 0 heterocycles. The number of hydrogen-bond donors (Lipinski definition) is 3. The Labute approximate surface area is 107 Å². The van der Waals surface area contributed by atoms with Crippen molar-refractivity contribution in [1.29, 1.82) is 0 Å². The van der Waals surface area contributed by atoms with E-state index in [4.69, 9.17) is 15.6 Å². The normalized spacial score (nSPS) is 9.06. The molecule has 0 aliphatic carbocycles. The molecule has 0 saturated heterocycles. The number of rotatable bonds is 2. The highest BCUT2D eigenvalue weighted by atomic mass is 79.9. The van der Waals surface area contributed by atoms with Gasteiger partial charge in [-0.1, -0.05) is 11.8 Å². The van der Waals surface area contributed by atoms with Crippen molar-refractivity contribution >= 4 is 27.7 Å². The molecule has 0 aliphatic rings. The molecule has 5 nitrogen and oxygen atoms in total. The first kappa shape index (κ1) is 13.2. The average Bonchev–Trinajstić information content (AvgIpc) is 2.28. The number of benzene rings is 1. The van der Waals surface area contributed by atoms with E-state index >= 15 is 0 Å². The van der Waals surface area contributed by atoms with Crippen molar-refractivity contribution in [2.75, 3.05) is 19.4 Å². The van der Waals surface area contributed by atoms with Crippen LogP contribution in [-0.4, -0.2) is 24.9 Å². The van der Waals surface area contributed by atoms with Gasteiger partial charge in [0.05, 0.1) is 23.8 Å². The van der Waals surface area contributed by atoms with Crippen LogP contribution in [0, 0.1) is 11.8 Å². The summed E-state index contributed by atoms with van der Waals surface area (Å²) in [5, 5.41) is 10.5. The average molecular weight is 299 g/mol. The molecular weight excluding hydrogens is 288 g/mol. The molecule has 4 N–H and O–H groups in total. The van der Waals surface area contributed by atoms with Crippen molar-refractivity contribution in [2.45, 2.75) is 0 Å². The summed E-state index contributed by atoms with van der Waals surface area (Å²) in [6.07, 6.45) is -1.11. The summed E-state index contributed by atoms with van der Waals surface area (Å²) in [5.74, 6) is 6.05. The second kappa shape index (κ2) is 6.01. The van der Waals surface area contributed by atoms with Crippen LogP contribution in [0.4, 0.5) is 10.5 Å². The maximum Gasteiger partial charge on any atom is 0.405 e. The molecule has 0 aliphatic heterocycles. The molecule has 0 radical (unpaired) electrons. The number of nitrogen functional groups attached to an aromatic ring is 1. The number of hydrogen-bond acceptors (Lipinski definition) is 3. The van der Waals surface area contributed by atoms with Gasteiger partial charge in [0.1, 0.15) is 5.75 Å². The van der Waals surface area contributed by atoms with E-state index in [1.165, 1.54) is 0 Å². The number of nitrogens with one attached hydrogen (secondary N) is 1. The minimum atomic E-state index is -1.11. The van der Waals surface area contributed by atoms with Gasteiger partial charge >= 0.3 is 6.09 Å². The number of ether oxygens (including phenoxy) is 1. The van der Waals surface area contributed by atoms with Crippen LogP contribution >= 0.6 is 15.9 Å². The first-order valence-corrected chi connectivity index (χ1v) is 5.42. The van der Waals surface area contributed by atoms with Crippen molar-refractivity contribution < 1.29 is 14.6 Å². The summed E-state index contributed by atoms with van der Waals surface area (Å²) in [5.41, 5.74) is 6.86. The summed E-state index contributed by atoms with van der Waals surface area (Å²) in [4.78, 5) is 10.2. The fraction of sp³-hybridized carbons (Fsp3) is 0.182. The minimum Gasteiger partial charge on any atom is -0.495 e. The number of anilines is 1. The molecule has 1 amide bonds. The Morgan fingerprint density at radius 1 is 1.65 bits per heavy atom. The SMILES string of the molecule is COc1cc(N)c(C#CCNC(=O)O)cc1Br. The Morgan fingerprint density at radius 3 is 2.94 bits per heavy atom. The number of methoxy groups -OCH3 is 1. The molecule has 0 unspecified atom stereocenters. The number of amides is 1. The first-order chi connectivity index (χ1) is 8.04. The largest absolute Gasteiger partial charge is 0.495 e. The first-order valence-electron chi connectivity index (χ1n) is 4.63. The van der Waals surface area contributed by atoms with Gasteiger partial charge in [-0.3, -0.25) is 0 Å². The minimum absolute atomic E-state index is 0.0540. The molecule has 0 fully saturated rings. The zero-order chi connectivity index (χ0) is 12.8. The standard InChI is InChI=1S/C11H11BrN2O3/c1-17-10-6-9(13)7(5-8(10)12)3-2-4-14-11(15)16/h5-6,14H,4,13H2,1H3,(H,15,16). The summed E-state index contributed by atoms with van der Waals surface area (Å²) in [7, 11) is 1.54. The van der Waals surface area contributed by atoms with Crippen LogP contribution in [-0.2, 0) is 0 Å². The summed E-state index contributed by atoms with van der Waals surface area (Å²) >= 11 is 3.32. The van der Waals surface area contributed by atoms with E-state index in [0.29, 0.717) is 17.0 Å². The fourth-order valence-electron chi connectivity index (χ4n) is 1.09. The molecule has 6 heteroatoms. The number of carbonyl (C=O) groups is 1. The van der Waals surface area contributed by atoms with Gasteiger partial charge in [-0.2, -0.15) is 0 Å². The van der Waals surface area contributed by atoms with Crippen LogP contribution in [0.15, 0.2) is 16.6 Å². The maximum absolute atomic E-state index is 10.2. The van der Waals surface area contributed by atoms with Crippen molar-refractivity contribution in [2.24, 2.45) is 0 Å². The smallest absolute Gasteiger partial charge is 0.405 e. The van der Waals surface area contributed by atoms with E-state index in [9.17, 15) is 4.79 Å². The van der Waals surface area contributed by atoms with E-state index in [1.54, 1.807) is 19.2 Å². The molecule has 1 aromatic rings. The third-order valence-corrected chi connectivity index (χ3v) is 2.49. The number of carboxylic acid groups (broad SMARTS) is 1. The lowest BCUT2D eigenvalue weighted by atomic mass is 10.2. The van der Waals surface area contributed by atoms with Crippen molar-refractivity contribution in [3.63, 3.8) is 0 Å². The Morgan fingerprint density at radius 2 is 2.35 bits per heavy atom. The monoisotopic (exact) mass is 298 g/mol. The van der Waals surface area contributed by atoms with Gasteiger partial charge < -0.3 is 20.9 Å². The van der Waals surface area contributed by atoms with Crippen molar-refractivity contribution in [1.82, 2.24) is 5.32 Å². The van der Waals surface area contributed by atoms with E-state index < -0.39 is 6.09 Å². The molecule has 1 aromatic carbocycles. The molecule has 0 spiro atoms. The van der Waals surface area contributed by atoms with Crippen LogP contribution in [0.25, 0.3) is 0 Å². The second-order valence-corrected chi connectivity index (χ2v) is 3.89. The van der Waals surface area contributed by atoms with E-state index in [-0.39, 0.29) is 6.54 Å². The zero-order valence-corrected chi connectivity index (χ0v) is 10.7. The molecule has 1 rings (SSSR count). The predicted octanol–water partition coefficient (Wildman–Crippen LogP) is 1.66. The van der Waals surface area contributed by atoms with Crippen molar-refractivity contribution in [3.05, 3.63) is 22.2 Å². The van der Waals surface area contributed by atoms with Gasteiger partial charge in [0.15, 0.2) is 0 Å². The highest BCUT2D eigenvalue weighted by Crippen LogP contribution is 2.29. The Balaban J connectivity index is 2.84. The van der Waals surface area contributed by atoms with Gasteiger partial charge in [0.25, 0.3) is 0 Å². The Hall–Kier alpha value is -1.87. The van der Waals surface area contributed by atoms with Crippen molar-refractivity contribution in [3.8, 4) is 17.6 Å². The lowest BCUT2D eigenvalue weighted by molar-refractivity contribution is 0.196. The summed E-state index contributed by atoms with van der Waals surface area (Å²) in [6.45, 7) is 0.0540. The van der Waals surface area contributed by atoms with Gasteiger partial charge in [-0.25, -0.2) is 4.79 Å².